The number of hydrogen-bond acceptors (Lipinski definition) is 5. The van der Waals surface area contributed by atoms with Crippen LogP contribution in [-0.2, 0) is 16.0 Å². The lowest BCUT2D eigenvalue weighted by atomic mass is 10.2. The highest BCUT2D eigenvalue weighted by Gasteiger charge is 2.09. The molecule has 0 saturated heterocycles. The van der Waals surface area contributed by atoms with Crippen LogP contribution >= 0.6 is 23.2 Å². The fraction of sp³-hybridized carbons (Fsp3) is 0.211. The Morgan fingerprint density at radius 1 is 1.14 bits per heavy atom. The molecule has 9 heteroatoms. The van der Waals surface area contributed by atoms with E-state index in [1.807, 2.05) is 0 Å². The van der Waals surface area contributed by atoms with E-state index in [4.69, 9.17) is 32.7 Å². The number of nitrogens with one attached hydrogen (secondary N) is 1. The van der Waals surface area contributed by atoms with E-state index < -0.39 is 6.09 Å². The van der Waals surface area contributed by atoms with Crippen molar-refractivity contribution in [1.82, 2.24) is 9.55 Å². The zero-order valence-electron chi connectivity index (χ0n) is 14.9. The lowest BCUT2D eigenvalue weighted by Crippen LogP contribution is -2.21. The summed E-state index contributed by atoms with van der Waals surface area (Å²) in [5.74, 6) is 0. The van der Waals surface area contributed by atoms with Crippen molar-refractivity contribution in [2.45, 2.75) is 6.54 Å². The molecule has 0 fully saturated rings. The van der Waals surface area contributed by atoms with Gasteiger partial charge in [-0.1, -0.05) is 29.3 Å². The fourth-order valence-electron chi connectivity index (χ4n) is 2.56. The Balaban J connectivity index is 1.79. The van der Waals surface area contributed by atoms with Gasteiger partial charge in [-0.25, -0.2) is 9.78 Å². The number of benzene rings is 2. The zero-order chi connectivity index (χ0) is 20.1. The number of anilines is 1. The van der Waals surface area contributed by atoms with Gasteiger partial charge in [0.05, 0.1) is 40.4 Å². The monoisotopic (exact) mass is 421 g/mol. The maximum absolute atomic E-state index is 12.7. The van der Waals surface area contributed by atoms with Crippen LogP contribution in [0.15, 0.2) is 47.5 Å². The molecule has 0 saturated carbocycles. The number of carbonyl (C=O) groups is 1. The van der Waals surface area contributed by atoms with Gasteiger partial charge in [-0.2, -0.15) is 0 Å². The molecule has 1 aromatic heterocycles. The second-order valence-electron chi connectivity index (χ2n) is 5.91. The van der Waals surface area contributed by atoms with Gasteiger partial charge in [-0.15, -0.1) is 0 Å². The first-order valence-electron chi connectivity index (χ1n) is 8.34. The number of ether oxygens (including phenoxy) is 2. The summed E-state index contributed by atoms with van der Waals surface area (Å²) >= 11 is 11.9. The molecule has 0 aliphatic carbocycles. The standard InChI is InChI=1S/C19H17Cl2N3O4/c1-27-6-7-28-19(26)23-13-3-4-14-17(9-13)22-11-24(18(14)25)10-12-2-5-15(20)16(21)8-12/h2-5,8-9,11H,6-7,10H2,1H3,(H,23,26). The second-order valence-corrected chi connectivity index (χ2v) is 6.73. The van der Waals surface area contributed by atoms with Crippen LogP contribution in [0.5, 0.6) is 0 Å². The van der Waals surface area contributed by atoms with Crippen LogP contribution in [0.4, 0.5) is 10.5 Å². The van der Waals surface area contributed by atoms with Crippen molar-refractivity contribution in [3.05, 3.63) is 68.7 Å². The Morgan fingerprint density at radius 2 is 1.96 bits per heavy atom. The van der Waals surface area contributed by atoms with Crippen molar-refractivity contribution in [3.8, 4) is 0 Å². The Morgan fingerprint density at radius 3 is 2.71 bits per heavy atom. The van der Waals surface area contributed by atoms with E-state index in [-0.39, 0.29) is 12.2 Å². The topological polar surface area (TPSA) is 82.5 Å². The molecule has 0 aliphatic rings. The number of aromatic nitrogens is 2. The summed E-state index contributed by atoms with van der Waals surface area (Å²) in [7, 11) is 1.52. The van der Waals surface area contributed by atoms with E-state index >= 15 is 0 Å². The zero-order valence-corrected chi connectivity index (χ0v) is 16.5. The van der Waals surface area contributed by atoms with E-state index in [9.17, 15) is 9.59 Å². The third-order valence-corrected chi connectivity index (χ3v) is 4.67. The van der Waals surface area contributed by atoms with Crippen LogP contribution < -0.4 is 10.9 Å². The molecule has 0 spiro atoms. The fourth-order valence-corrected chi connectivity index (χ4v) is 2.88. The Hall–Kier alpha value is -2.61. The number of methoxy groups -OCH3 is 1. The van der Waals surface area contributed by atoms with Gasteiger partial charge in [-0.05, 0) is 35.9 Å². The maximum Gasteiger partial charge on any atom is 0.411 e. The molecule has 3 rings (SSSR count). The third kappa shape index (κ3) is 4.81. The van der Waals surface area contributed by atoms with E-state index in [0.29, 0.717) is 39.8 Å². The molecule has 1 amide bonds. The van der Waals surface area contributed by atoms with E-state index in [0.717, 1.165) is 5.56 Å². The molecule has 3 aromatic rings. The molecule has 0 bridgehead atoms. The van der Waals surface area contributed by atoms with Crippen LogP contribution in [0.3, 0.4) is 0 Å². The SMILES string of the molecule is COCCOC(=O)Nc1ccc2c(=O)n(Cc3ccc(Cl)c(Cl)c3)cnc2c1. The van der Waals surface area contributed by atoms with Crippen molar-refractivity contribution >= 4 is 45.9 Å². The van der Waals surface area contributed by atoms with Gasteiger partial charge in [-0.3, -0.25) is 14.7 Å². The highest BCUT2D eigenvalue weighted by atomic mass is 35.5. The maximum atomic E-state index is 12.7. The van der Waals surface area contributed by atoms with Gasteiger partial charge in [0.25, 0.3) is 5.56 Å². The van der Waals surface area contributed by atoms with E-state index in [1.165, 1.54) is 18.0 Å². The number of hydrogen-bond donors (Lipinski definition) is 1. The Bertz CT molecular complexity index is 1070. The minimum atomic E-state index is -0.607. The van der Waals surface area contributed by atoms with Gasteiger partial charge in [0.2, 0.25) is 0 Å². The van der Waals surface area contributed by atoms with Gasteiger partial charge < -0.3 is 9.47 Å². The molecular formula is C19H17Cl2N3O4. The van der Waals surface area contributed by atoms with Crippen LogP contribution in [0, 0.1) is 0 Å². The number of fused-ring (bicyclic) bond motifs is 1. The van der Waals surface area contributed by atoms with E-state index in [2.05, 4.69) is 10.3 Å². The summed E-state index contributed by atoms with van der Waals surface area (Å²) in [6.07, 6.45) is 0.845. The summed E-state index contributed by atoms with van der Waals surface area (Å²) < 4.78 is 11.2. The number of nitrogens with zero attached hydrogens (tertiary/aromatic N) is 2. The molecule has 2 aromatic carbocycles. The smallest absolute Gasteiger partial charge is 0.411 e. The van der Waals surface area contributed by atoms with Crippen LogP contribution in [0.1, 0.15) is 5.56 Å². The van der Waals surface area contributed by atoms with Gasteiger partial charge in [0, 0.05) is 12.8 Å². The van der Waals surface area contributed by atoms with Crippen LogP contribution in [-0.4, -0.2) is 36.0 Å². The molecule has 1 N–H and O–H groups in total. The minimum absolute atomic E-state index is 0.146. The minimum Gasteiger partial charge on any atom is -0.447 e. The number of halogens is 2. The quantitative estimate of drug-likeness (QED) is 0.609. The highest BCUT2D eigenvalue weighted by Crippen LogP contribution is 2.23. The molecule has 28 heavy (non-hydrogen) atoms. The molecule has 0 radical (unpaired) electrons. The van der Waals surface area contributed by atoms with Crippen molar-refractivity contribution in [2.75, 3.05) is 25.6 Å². The number of rotatable bonds is 6. The van der Waals surface area contributed by atoms with Crippen LogP contribution in [0.2, 0.25) is 10.0 Å². The molecule has 7 nitrogen and oxygen atoms in total. The highest BCUT2D eigenvalue weighted by molar-refractivity contribution is 6.42. The Labute approximate surface area is 170 Å². The summed E-state index contributed by atoms with van der Waals surface area (Å²) in [5.41, 5.74) is 1.56. The lowest BCUT2D eigenvalue weighted by Gasteiger charge is -2.09. The van der Waals surface area contributed by atoms with Crippen LogP contribution in [0.25, 0.3) is 10.9 Å². The molecule has 0 aliphatic heterocycles. The molecular weight excluding hydrogens is 405 g/mol. The molecule has 0 atom stereocenters. The lowest BCUT2D eigenvalue weighted by molar-refractivity contribution is 0.107. The van der Waals surface area contributed by atoms with Crippen molar-refractivity contribution < 1.29 is 14.3 Å². The number of amides is 1. The van der Waals surface area contributed by atoms with Gasteiger partial charge in [0.15, 0.2) is 0 Å². The largest absolute Gasteiger partial charge is 0.447 e. The van der Waals surface area contributed by atoms with E-state index in [1.54, 1.807) is 36.4 Å². The predicted octanol–water partition coefficient (Wildman–Crippen LogP) is 3.95. The first-order chi connectivity index (χ1) is 13.5. The second kappa shape index (κ2) is 9.05. The van der Waals surface area contributed by atoms with Crippen molar-refractivity contribution in [3.63, 3.8) is 0 Å². The summed E-state index contributed by atoms with van der Waals surface area (Å²) in [6.45, 7) is 0.767. The molecule has 1 heterocycles. The average molecular weight is 422 g/mol. The summed E-state index contributed by atoms with van der Waals surface area (Å²) in [6, 6.07) is 10.0. The summed E-state index contributed by atoms with van der Waals surface area (Å²) in [5, 5.41) is 3.90. The van der Waals surface area contributed by atoms with Gasteiger partial charge >= 0.3 is 6.09 Å². The first kappa shape index (κ1) is 20.1. The molecule has 146 valence electrons. The summed E-state index contributed by atoms with van der Waals surface area (Å²) in [4.78, 5) is 28.7. The average Bonchev–Trinajstić information content (AvgIpc) is 2.67. The molecule has 0 unspecified atom stereocenters. The first-order valence-corrected chi connectivity index (χ1v) is 9.09. The Kier molecular flexibility index (Phi) is 6.51. The van der Waals surface area contributed by atoms with Crippen molar-refractivity contribution in [2.24, 2.45) is 0 Å². The van der Waals surface area contributed by atoms with Gasteiger partial charge in [0.1, 0.15) is 6.61 Å². The third-order valence-electron chi connectivity index (χ3n) is 3.93. The predicted molar refractivity (Wildman–Crippen MR) is 108 cm³/mol. The normalized spacial score (nSPS) is 10.8. The van der Waals surface area contributed by atoms with Crippen molar-refractivity contribution in [1.29, 1.82) is 0 Å². The number of carbonyl (C=O) groups excluding carboxylic acids is 1.